The number of carbonyl (C=O) groups excluding carboxylic acids is 1. The first-order valence-corrected chi connectivity index (χ1v) is 12.8. The zero-order chi connectivity index (χ0) is 29.2. The summed E-state index contributed by atoms with van der Waals surface area (Å²) in [6.07, 6.45) is 0.853. The zero-order valence-electron chi connectivity index (χ0n) is 21.3. The van der Waals surface area contributed by atoms with E-state index in [1.54, 1.807) is 23.0 Å². The van der Waals surface area contributed by atoms with Crippen molar-refractivity contribution in [3.8, 4) is 28.4 Å². The minimum Gasteiger partial charge on any atom is -0.404 e. The SMILES string of the molecule is O=C(Nc1cc(-c2nnn(C3CC(F)(F)C3)n2)ccc1OC(F)(F)F)c1cnc2ccc(-c3cn(C4CC4)nn3)cn12. The number of ether oxygens (including phenoxy) is 1. The number of rotatable bonds is 7. The van der Waals surface area contributed by atoms with Crippen molar-refractivity contribution in [2.24, 2.45) is 0 Å². The van der Waals surface area contributed by atoms with Crippen LogP contribution in [0.2, 0.25) is 0 Å². The van der Waals surface area contributed by atoms with E-state index in [-0.39, 0.29) is 22.8 Å². The lowest BCUT2D eigenvalue weighted by atomic mass is 9.89. The van der Waals surface area contributed by atoms with Crippen LogP contribution in [0, 0.1) is 0 Å². The monoisotopic (exact) mass is 586 g/mol. The maximum atomic E-state index is 13.3. The predicted octanol–water partition coefficient (Wildman–Crippen LogP) is 4.70. The number of tetrazole rings is 1. The average Bonchev–Trinajstić information content (AvgIpc) is 3.30. The van der Waals surface area contributed by atoms with Gasteiger partial charge in [-0.1, -0.05) is 5.21 Å². The molecule has 0 saturated heterocycles. The Hall–Kier alpha value is -4.96. The number of anilines is 1. The van der Waals surface area contributed by atoms with Crippen molar-refractivity contribution in [3.63, 3.8) is 0 Å². The second kappa shape index (κ2) is 9.28. The summed E-state index contributed by atoms with van der Waals surface area (Å²) in [5, 5.41) is 22.5. The number of nitrogens with one attached hydrogen (secondary N) is 1. The van der Waals surface area contributed by atoms with Crippen molar-refractivity contribution in [1.82, 2.24) is 44.6 Å². The predicted molar refractivity (Wildman–Crippen MR) is 134 cm³/mol. The molecule has 4 heterocycles. The van der Waals surface area contributed by atoms with Crippen LogP contribution in [0.5, 0.6) is 5.75 Å². The lowest BCUT2D eigenvalue weighted by Crippen LogP contribution is -2.38. The zero-order valence-corrected chi connectivity index (χ0v) is 21.3. The number of benzene rings is 1. The van der Waals surface area contributed by atoms with Crippen LogP contribution in [0.1, 0.15) is 48.3 Å². The molecule has 4 aromatic heterocycles. The topological polar surface area (TPSA) is 130 Å². The third-order valence-corrected chi connectivity index (χ3v) is 7.00. The van der Waals surface area contributed by atoms with Crippen LogP contribution in [0.4, 0.5) is 27.6 Å². The summed E-state index contributed by atoms with van der Waals surface area (Å²) < 4.78 is 73.4. The van der Waals surface area contributed by atoms with Gasteiger partial charge in [-0.05, 0) is 48.4 Å². The van der Waals surface area contributed by atoms with Crippen molar-refractivity contribution in [2.45, 2.75) is 50.1 Å². The fraction of sp³-hybridized carbons (Fsp3) is 0.320. The Morgan fingerprint density at radius 3 is 2.52 bits per heavy atom. The van der Waals surface area contributed by atoms with Crippen molar-refractivity contribution in [2.75, 3.05) is 5.32 Å². The Morgan fingerprint density at radius 1 is 1.00 bits per heavy atom. The van der Waals surface area contributed by atoms with E-state index in [0.717, 1.165) is 23.7 Å². The van der Waals surface area contributed by atoms with Gasteiger partial charge in [0.2, 0.25) is 5.82 Å². The van der Waals surface area contributed by atoms with Crippen LogP contribution in [0.3, 0.4) is 0 Å². The molecule has 2 fully saturated rings. The molecular weight excluding hydrogens is 567 g/mol. The minimum absolute atomic E-state index is 0.0276. The number of nitrogens with zero attached hydrogens (tertiary/aromatic N) is 9. The van der Waals surface area contributed by atoms with Crippen LogP contribution >= 0.6 is 0 Å². The fourth-order valence-electron chi connectivity index (χ4n) is 4.68. The molecule has 1 N–H and O–H groups in total. The number of carbonyl (C=O) groups is 1. The third kappa shape index (κ3) is 5.01. The molecule has 2 aliphatic carbocycles. The van der Waals surface area contributed by atoms with Crippen molar-refractivity contribution in [1.29, 1.82) is 0 Å². The molecule has 2 saturated carbocycles. The van der Waals surface area contributed by atoms with Crippen molar-refractivity contribution in [3.05, 3.63) is 54.6 Å². The summed E-state index contributed by atoms with van der Waals surface area (Å²) in [7, 11) is 0. The Kier molecular flexibility index (Phi) is 5.74. The highest BCUT2D eigenvalue weighted by Gasteiger charge is 2.47. The normalized spacial score (nSPS) is 16.9. The molecule has 0 radical (unpaired) electrons. The van der Waals surface area contributed by atoms with Gasteiger partial charge in [-0.2, -0.15) is 4.80 Å². The average molecular weight is 586 g/mol. The molecule has 0 aliphatic heterocycles. The van der Waals surface area contributed by atoms with E-state index >= 15 is 0 Å². The first kappa shape index (κ1) is 26.0. The van der Waals surface area contributed by atoms with Crippen molar-refractivity contribution < 1.29 is 31.5 Å². The van der Waals surface area contributed by atoms with E-state index in [4.69, 9.17) is 0 Å². The Bertz CT molecular complexity index is 1820. The summed E-state index contributed by atoms with van der Waals surface area (Å²) in [6.45, 7) is 0. The fourth-order valence-corrected chi connectivity index (χ4v) is 4.68. The summed E-state index contributed by atoms with van der Waals surface area (Å²) >= 11 is 0. The quantitative estimate of drug-likeness (QED) is 0.272. The first-order valence-electron chi connectivity index (χ1n) is 12.8. The van der Waals surface area contributed by atoms with Gasteiger partial charge in [0.15, 0.2) is 5.75 Å². The van der Waals surface area contributed by atoms with Gasteiger partial charge in [-0.15, -0.1) is 28.5 Å². The molecule has 42 heavy (non-hydrogen) atoms. The summed E-state index contributed by atoms with van der Waals surface area (Å²) in [4.78, 5) is 18.6. The molecule has 1 amide bonds. The van der Waals surface area contributed by atoms with Crippen LogP contribution in [-0.4, -0.2) is 62.8 Å². The molecule has 2 aliphatic rings. The van der Waals surface area contributed by atoms with Crippen molar-refractivity contribution >= 4 is 17.2 Å². The number of fused-ring (bicyclic) bond motifs is 1. The second-order valence-corrected chi connectivity index (χ2v) is 10.2. The molecule has 0 atom stereocenters. The highest BCUT2D eigenvalue weighted by Crippen LogP contribution is 2.45. The number of pyridine rings is 1. The summed E-state index contributed by atoms with van der Waals surface area (Å²) in [6, 6.07) is 6.54. The van der Waals surface area contributed by atoms with Gasteiger partial charge >= 0.3 is 6.36 Å². The minimum atomic E-state index is -5.05. The smallest absolute Gasteiger partial charge is 0.404 e. The maximum Gasteiger partial charge on any atom is 0.573 e. The Morgan fingerprint density at radius 2 is 1.79 bits per heavy atom. The molecule has 0 bridgehead atoms. The molecule has 17 heteroatoms. The maximum absolute atomic E-state index is 13.3. The molecule has 0 unspecified atom stereocenters. The molecule has 7 rings (SSSR count). The summed E-state index contributed by atoms with van der Waals surface area (Å²) in [5.41, 5.74) is 1.53. The third-order valence-electron chi connectivity index (χ3n) is 7.00. The molecule has 216 valence electrons. The van der Waals surface area contributed by atoms with E-state index in [2.05, 4.69) is 40.8 Å². The number of alkyl halides is 5. The highest BCUT2D eigenvalue weighted by atomic mass is 19.4. The van der Waals surface area contributed by atoms with Gasteiger partial charge in [-0.25, -0.2) is 18.4 Å². The van der Waals surface area contributed by atoms with Gasteiger partial charge in [0, 0.05) is 30.2 Å². The largest absolute Gasteiger partial charge is 0.573 e. The van der Waals surface area contributed by atoms with E-state index in [0.29, 0.717) is 22.9 Å². The van der Waals surface area contributed by atoms with Gasteiger partial charge < -0.3 is 10.1 Å². The summed E-state index contributed by atoms with van der Waals surface area (Å²) in [5.74, 6) is -4.30. The molecule has 1 aromatic carbocycles. The van der Waals surface area contributed by atoms with Gasteiger partial charge in [0.05, 0.1) is 30.2 Å². The van der Waals surface area contributed by atoms with Crippen LogP contribution < -0.4 is 10.1 Å². The molecular formula is C25H19F5N10O2. The highest BCUT2D eigenvalue weighted by molar-refractivity contribution is 6.04. The molecule has 5 aromatic rings. The van der Waals surface area contributed by atoms with Crippen LogP contribution in [-0.2, 0) is 0 Å². The van der Waals surface area contributed by atoms with E-state index < -0.39 is 42.8 Å². The van der Waals surface area contributed by atoms with E-state index in [1.165, 1.54) is 22.7 Å². The number of aromatic nitrogens is 9. The lowest BCUT2D eigenvalue weighted by Gasteiger charge is -2.33. The van der Waals surface area contributed by atoms with Gasteiger partial charge in [-0.3, -0.25) is 9.20 Å². The molecule has 0 spiro atoms. The van der Waals surface area contributed by atoms with E-state index in [9.17, 15) is 26.7 Å². The van der Waals surface area contributed by atoms with Gasteiger partial charge in [0.25, 0.3) is 11.8 Å². The molecule has 12 nitrogen and oxygen atoms in total. The lowest BCUT2D eigenvalue weighted by molar-refractivity contribution is -0.274. The number of hydrogen-bond donors (Lipinski definition) is 1. The number of halogens is 5. The van der Waals surface area contributed by atoms with Crippen LogP contribution in [0.15, 0.2) is 48.9 Å². The number of amides is 1. The van der Waals surface area contributed by atoms with Gasteiger partial charge in [0.1, 0.15) is 17.0 Å². The Labute approximate surface area is 232 Å². The number of hydrogen-bond acceptors (Lipinski definition) is 8. The van der Waals surface area contributed by atoms with Crippen LogP contribution in [0.25, 0.3) is 28.3 Å². The van der Waals surface area contributed by atoms with E-state index in [1.807, 2.05) is 6.20 Å². The number of imidazole rings is 1. The Balaban J connectivity index is 1.18. The standard InChI is InChI=1S/C25H19F5N10O2/c26-24(27)8-16(9-24)40-35-22(34-37-40)13-1-5-20(42-25(28,29)30)17(7-13)32-23(41)19-10-31-21-6-2-14(11-38(19)21)18-12-39(36-33-18)15-3-4-15/h1-2,5-7,10-12,15-16H,3-4,8-9H2,(H,32,41). The second-order valence-electron chi connectivity index (χ2n) is 10.2. The first-order chi connectivity index (χ1) is 20.0.